The molecule has 0 aliphatic carbocycles. The first-order valence-corrected chi connectivity index (χ1v) is 5.52. The summed E-state index contributed by atoms with van der Waals surface area (Å²) < 4.78 is 1.68. The van der Waals surface area contributed by atoms with Crippen molar-refractivity contribution in [2.24, 2.45) is 7.05 Å². The summed E-state index contributed by atoms with van der Waals surface area (Å²) in [5, 5.41) is 12.9. The van der Waals surface area contributed by atoms with Crippen molar-refractivity contribution < 1.29 is 9.90 Å². The van der Waals surface area contributed by atoms with Crippen molar-refractivity contribution in [1.29, 1.82) is 0 Å². The Kier molecular flexibility index (Phi) is 3.10. The lowest BCUT2D eigenvalue weighted by atomic mass is 10.1. The molecule has 0 saturated heterocycles. The van der Waals surface area contributed by atoms with E-state index in [1.807, 2.05) is 13.2 Å². The zero-order valence-corrected chi connectivity index (χ0v) is 10.5. The summed E-state index contributed by atoms with van der Waals surface area (Å²) in [6.07, 6.45) is 3.46. The van der Waals surface area contributed by atoms with E-state index in [1.165, 1.54) is 0 Å². The van der Waals surface area contributed by atoms with Gasteiger partial charge in [-0.05, 0) is 13.8 Å². The van der Waals surface area contributed by atoms with Crippen LogP contribution in [0, 0.1) is 13.8 Å². The minimum Gasteiger partial charge on any atom is -0.481 e. The Labute approximate surface area is 104 Å². The molecule has 0 saturated carbocycles. The number of aliphatic carboxylic acids is 1. The molecule has 2 rings (SSSR count). The third-order valence-corrected chi connectivity index (χ3v) is 2.71. The molecule has 94 valence electrons. The Hall–Kier alpha value is -2.24. The first kappa shape index (κ1) is 12.2. The molecular weight excluding hydrogens is 232 g/mol. The number of hydrogen-bond acceptors (Lipinski definition) is 4. The van der Waals surface area contributed by atoms with Crippen LogP contribution in [0.2, 0.25) is 0 Å². The minimum atomic E-state index is -0.876. The topological polar surface area (TPSA) is 80.9 Å². The molecule has 0 radical (unpaired) electrons. The van der Waals surface area contributed by atoms with E-state index in [-0.39, 0.29) is 6.42 Å². The number of carboxylic acid groups (broad SMARTS) is 1. The highest BCUT2D eigenvalue weighted by Gasteiger charge is 2.13. The van der Waals surface area contributed by atoms with Gasteiger partial charge in [0.25, 0.3) is 0 Å². The van der Waals surface area contributed by atoms with Gasteiger partial charge in [-0.1, -0.05) is 0 Å². The van der Waals surface area contributed by atoms with Crippen molar-refractivity contribution >= 4 is 5.97 Å². The number of carbonyl (C=O) groups is 1. The lowest BCUT2D eigenvalue weighted by molar-refractivity contribution is -0.136. The van der Waals surface area contributed by atoms with Gasteiger partial charge in [0.2, 0.25) is 0 Å². The van der Waals surface area contributed by atoms with Crippen LogP contribution in [0.3, 0.4) is 0 Å². The van der Waals surface area contributed by atoms with Crippen LogP contribution in [0.5, 0.6) is 0 Å². The van der Waals surface area contributed by atoms with Crippen molar-refractivity contribution in [3.8, 4) is 11.4 Å². The Morgan fingerprint density at radius 2 is 1.94 bits per heavy atom. The Morgan fingerprint density at radius 3 is 2.39 bits per heavy atom. The fraction of sp³-hybridized carbons (Fsp3) is 0.333. The van der Waals surface area contributed by atoms with Crippen LogP contribution >= 0.6 is 0 Å². The fourth-order valence-electron chi connectivity index (χ4n) is 1.81. The summed E-state index contributed by atoms with van der Waals surface area (Å²) in [4.78, 5) is 19.4. The molecule has 0 aliphatic heterocycles. The standard InChI is InChI=1S/C12H14N4O2/c1-7-10(4-11(17)18)8(2)15-12(14-7)9-5-13-16(3)6-9/h5-6H,4H2,1-3H3,(H,17,18). The van der Waals surface area contributed by atoms with Gasteiger partial charge >= 0.3 is 5.97 Å². The normalized spacial score (nSPS) is 10.6. The van der Waals surface area contributed by atoms with E-state index in [9.17, 15) is 4.79 Å². The minimum absolute atomic E-state index is 0.0506. The van der Waals surface area contributed by atoms with Crippen LogP contribution in [-0.2, 0) is 18.3 Å². The summed E-state index contributed by atoms with van der Waals surface area (Å²) in [6.45, 7) is 3.60. The molecule has 0 aliphatic rings. The maximum Gasteiger partial charge on any atom is 0.307 e. The van der Waals surface area contributed by atoms with Gasteiger partial charge < -0.3 is 5.11 Å². The zero-order valence-electron chi connectivity index (χ0n) is 10.5. The summed E-state index contributed by atoms with van der Waals surface area (Å²) in [6, 6.07) is 0. The van der Waals surface area contributed by atoms with Gasteiger partial charge in [-0.3, -0.25) is 9.48 Å². The molecule has 0 unspecified atom stereocenters. The summed E-state index contributed by atoms with van der Waals surface area (Å²) in [5.74, 6) is -0.300. The van der Waals surface area contributed by atoms with E-state index in [4.69, 9.17) is 5.11 Å². The van der Waals surface area contributed by atoms with Crippen molar-refractivity contribution in [1.82, 2.24) is 19.7 Å². The van der Waals surface area contributed by atoms with Crippen LogP contribution in [0.15, 0.2) is 12.4 Å². The van der Waals surface area contributed by atoms with Gasteiger partial charge in [0.15, 0.2) is 5.82 Å². The second kappa shape index (κ2) is 4.56. The molecule has 2 heterocycles. The maximum atomic E-state index is 10.8. The first-order valence-electron chi connectivity index (χ1n) is 5.52. The van der Waals surface area contributed by atoms with Crippen molar-refractivity contribution in [3.63, 3.8) is 0 Å². The first-order chi connectivity index (χ1) is 8.47. The van der Waals surface area contributed by atoms with Crippen LogP contribution < -0.4 is 0 Å². The molecule has 2 aromatic rings. The number of carboxylic acids is 1. The molecular formula is C12H14N4O2. The number of nitrogens with zero attached hydrogens (tertiary/aromatic N) is 4. The highest BCUT2D eigenvalue weighted by molar-refractivity contribution is 5.71. The lowest BCUT2D eigenvalue weighted by Gasteiger charge is -2.08. The van der Waals surface area contributed by atoms with Crippen LogP contribution in [0.4, 0.5) is 0 Å². The monoisotopic (exact) mass is 246 g/mol. The van der Waals surface area contributed by atoms with E-state index in [2.05, 4.69) is 15.1 Å². The maximum absolute atomic E-state index is 10.8. The summed E-state index contributed by atoms with van der Waals surface area (Å²) >= 11 is 0. The smallest absolute Gasteiger partial charge is 0.307 e. The molecule has 0 spiro atoms. The lowest BCUT2D eigenvalue weighted by Crippen LogP contribution is -2.08. The van der Waals surface area contributed by atoms with Crippen LogP contribution in [0.1, 0.15) is 17.0 Å². The summed E-state index contributed by atoms with van der Waals surface area (Å²) in [7, 11) is 1.82. The Balaban J connectivity index is 2.45. The van der Waals surface area contributed by atoms with Gasteiger partial charge in [-0.25, -0.2) is 9.97 Å². The van der Waals surface area contributed by atoms with Crippen molar-refractivity contribution in [3.05, 3.63) is 29.3 Å². The van der Waals surface area contributed by atoms with Gasteiger partial charge in [0.1, 0.15) is 0 Å². The predicted octanol–water partition coefficient (Wildman–Crippen LogP) is 1.12. The number of rotatable bonds is 3. The molecule has 2 aromatic heterocycles. The van der Waals surface area contributed by atoms with Gasteiger partial charge in [0, 0.05) is 30.2 Å². The molecule has 0 amide bonds. The molecule has 0 atom stereocenters. The average molecular weight is 246 g/mol. The van der Waals surface area contributed by atoms with E-state index in [0.717, 1.165) is 5.56 Å². The molecule has 18 heavy (non-hydrogen) atoms. The average Bonchev–Trinajstić information content (AvgIpc) is 2.70. The van der Waals surface area contributed by atoms with E-state index < -0.39 is 5.97 Å². The molecule has 0 fully saturated rings. The third-order valence-electron chi connectivity index (χ3n) is 2.71. The predicted molar refractivity (Wildman–Crippen MR) is 65.0 cm³/mol. The molecule has 1 N–H and O–H groups in total. The van der Waals surface area contributed by atoms with E-state index in [0.29, 0.717) is 22.8 Å². The molecule has 0 bridgehead atoms. The highest BCUT2D eigenvalue weighted by atomic mass is 16.4. The SMILES string of the molecule is Cc1nc(-c2cnn(C)c2)nc(C)c1CC(=O)O. The molecule has 6 nitrogen and oxygen atoms in total. The quantitative estimate of drug-likeness (QED) is 0.877. The summed E-state index contributed by atoms with van der Waals surface area (Å²) in [5.41, 5.74) is 2.90. The fourth-order valence-corrected chi connectivity index (χ4v) is 1.81. The van der Waals surface area contributed by atoms with E-state index >= 15 is 0 Å². The van der Waals surface area contributed by atoms with Gasteiger partial charge in [0.05, 0.1) is 18.2 Å². The van der Waals surface area contributed by atoms with Crippen molar-refractivity contribution in [2.45, 2.75) is 20.3 Å². The second-order valence-electron chi connectivity index (χ2n) is 4.17. The van der Waals surface area contributed by atoms with Gasteiger partial charge in [-0.2, -0.15) is 5.10 Å². The largest absolute Gasteiger partial charge is 0.481 e. The molecule has 6 heteroatoms. The second-order valence-corrected chi connectivity index (χ2v) is 4.17. The number of aromatic nitrogens is 4. The van der Waals surface area contributed by atoms with Crippen LogP contribution in [0.25, 0.3) is 11.4 Å². The Morgan fingerprint density at radius 1 is 1.33 bits per heavy atom. The highest BCUT2D eigenvalue weighted by Crippen LogP contribution is 2.18. The number of hydrogen-bond donors (Lipinski definition) is 1. The third kappa shape index (κ3) is 2.37. The van der Waals surface area contributed by atoms with Crippen LogP contribution in [-0.4, -0.2) is 30.8 Å². The van der Waals surface area contributed by atoms with Gasteiger partial charge in [-0.15, -0.1) is 0 Å². The zero-order chi connectivity index (χ0) is 13.3. The number of aryl methyl sites for hydroxylation is 3. The Bertz CT molecular complexity index is 581. The van der Waals surface area contributed by atoms with Crippen molar-refractivity contribution in [2.75, 3.05) is 0 Å². The van der Waals surface area contributed by atoms with E-state index in [1.54, 1.807) is 24.7 Å². The molecule has 0 aromatic carbocycles.